The Balaban J connectivity index is 1.74. The summed E-state index contributed by atoms with van der Waals surface area (Å²) in [4.78, 5) is 3.77. The molecule has 3 nitrogen and oxygen atoms in total. The number of aromatic nitrogens is 1. The Labute approximate surface area is 107 Å². The van der Waals surface area contributed by atoms with Gasteiger partial charge in [0.05, 0.1) is 10.6 Å². The molecule has 2 heterocycles. The van der Waals surface area contributed by atoms with Gasteiger partial charge in [-0.3, -0.25) is 0 Å². The van der Waals surface area contributed by atoms with E-state index in [0.717, 1.165) is 25.4 Å². The quantitative estimate of drug-likeness (QED) is 0.871. The number of rotatable bonds is 2. The Kier molecular flexibility index (Phi) is 2.67. The van der Waals surface area contributed by atoms with Crippen molar-refractivity contribution in [3.63, 3.8) is 0 Å². The van der Waals surface area contributed by atoms with E-state index in [0.29, 0.717) is 17.7 Å². The number of anilines is 1. The molecular weight excluding hydrogens is 267 g/mol. The largest absolute Gasteiger partial charge is 0.417 e. The summed E-state index contributed by atoms with van der Waals surface area (Å²) in [7, 11) is 0. The number of nitrogens with one attached hydrogen (secondary N) is 2. The van der Waals surface area contributed by atoms with Gasteiger partial charge >= 0.3 is 6.18 Å². The third kappa shape index (κ3) is 2.03. The lowest BCUT2D eigenvalue weighted by Crippen LogP contribution is -2.22. The zero-order valence-corrected chi connectivity index (χ0v) is 10.0. The molecule has 2 atom stereocenters. The second-order valence-corrected chi connectivity index (χ2v) is 5.12. The van der Waals surface area contributed by atoms with Gasteiger partial charge in [-0.25, -0.2) is 4.98 Å². The molecular formula is C11H11ClF3N3. The van der Waals surface area contributed by atoms with Gasteiger partial charge in [0, 0.05) is 25.3 Å². The van der Waals surface area contributed by atoms with Gasteiger partial charge in [0.2, 0.25) is 0 Å². The maximum atomic E-state index is 12.4. The smallest absolute Gasteiger partial charge is 0.365 e. The van der Waals surface area contributed by atoms with E-state index < -0.39 is 11.7 Å². The highest BCUT2D eigenvalue weighted by Crippen LogP contribution is 2.44. The van der Waals surface area contributed by atoms with Crippen molar-refractivity contribution in [1.29, 1.82) is 0 Å². The van der Waals surface area contributed by atoms with Crippen LogP contribution in [0, 0.1) is 11.8 Å². The van der Waals surface area contributed by atoms with E-state index in [1.54, 1.807) is 0 Å². The van der Waals surface area contributed by atoms with Gasteiger partial charge in [-0.05, 0) is 17.9 Å². The average molecular weight is 278 g/mol. The van der Waals surface area contributed by atoms with Crippen LogP contribution in [0.2, 0.25) is 5.02 Å². The van der Waals surface area contributed by atoms with Crippen molar-refractivity contribution in [3.05, 3.63) is 22.8 Å². The minimum Gasteiger partial charge on any atom is -0.365 e. The molecule has 18 heavy (non-hydrogen) atoms. The summed E-state index contributed by atoms with van der Waals surface area (Å²) in [6, 6.07) is 1.20. The van der Waals surface area contributed by atoms with Crippen LogP contribution < -0.4 is 10.6 Å². The van der Waals surface area contributed by atoms with E-state index >= 15 is 0 Å². The fraction of sp³-hybridized carbons (Fsp3) is 0.545. The number of nitrogens with zero attached hydrogens (tertiary/aromatic N) is 1. The first-order valence-corrected chi connectivity index (χ1v) is 6.04. The monoisotopic (exact) mass is 277 g/mol. The summed E-state index contributed by atoms with van der Waals surface area (Å²) < 4.78 is 37.3. The topological polar surface area (TPSA) is 37.0 Å². The molecule has 0 amide bonds. The molecule has 2 fully saturated rings. The average Bonchev–Trinajstić information content (AvgIpc) is 2.73. The van der Waals surface area contributed by atoms with Gasteiger partial charge in [-0.2, -0.15) is 13.2 Å². The van der Waals surface area contributed by atoms with Crippen molar-refractivity contribution >= 4 is 17.4 Å². The standard InChI is InChI=1S/C11H11ClF3N3/c12-8-1-5(11(13,14)15)2-17-10(8)18-9-6-3-16-4-7(6)9/h1-2,6-7,9,16H,3-4H2,(H,17,18). The number of hydrogen-bond donors (Lipinski definition) is 2. The molecule has 2 unspecified atom stereocenters. The van der Waals surface area contributed by atoms with E-state index in [1.165, 1.54) is 0 Å². The normalized spacial score (nSPS) is 30.1. The van der Waals surface area contributed by atoms with Crippen molar-refractivity contribution in [3.8, 4) is 0 Å². The summed E-state index contributed by atoms with van der Waals surface area (Å²) >= 11 is 5.82. The van der Waals surface area contributed by atoms with Crippen LogP contribution in [0.5, 0.6) is 0 Å². The van der Waals surface area contributed by atoms with Crippen LogP contribution in [0.25, 0.3) is 0 Å². The number of alkyl halides is 3. The van der Waals surface area contributed by atoms with Gasteiger partial charge in [-0.15, -0.1) is 0 Å². The van der Waals surface area contributed by atoms with Crippen LogP contribution in [0.1, 0.15) is 5.56 Å². The fourth-order valence-corrected chi connectivity index (χ4v) is 2.71. The Bertz CT molecular complexity index is 467. The highest BCUT2D eigenvalue weighted by atomic mass is 35.5. The van der Waals surface area contributed by atoms with E-state index in [9.17, 15) is 13.2 Å². The number of piperidine rings is 1. The first-order valence-electron chi connectivity index (χ1n) is 5.67. The molecule has 1 saturated carbocycles. The zero-order chi connectivity index (χ0) is 12.9. The predicted octanol–water partition coefficient (Wildman–Crippen LogP) is 2.38. The molecule has 7 heteroatoms. The van der Waals surface area contributed by atoms with Crippen LogP contribution in [0.3, 0.4) is 0 Å². The van der Waals surface area contributed by atoms with Crippen molar-refractivity contribution in [1.82, 2.24) is 10.3 Å². The highest BCUT2D eigenvalue weighted by molar-refractivity contribution is 6.33. The van der Waals surface area contributed by atoms with Crippen LogP contribution in [0.15, 0.2) is 12.3 Å². The minimum absolute atomic E-state index is 0.0164. The first-order chi connectivity index (χ1) is 8.47. The SMILES string of the molecule is FC(F)(F)c1cnc(NC2C3CNCC32)c(Cl)c1. The third-order valence-electron chi connectivity index (χ3n) is 3.56. The Morgan fingerprint density at radius 3 is 2.56 bits per heavy atom. The lowest BCUT2D eigenvalue weighted by Gasteiger charge is -2.12. The van der Waals surface area contributed by atoms with Crippen LogP contribution in [-0.4, -0.2) is 24.1 Å². The van der Waals surface area contributed by atoms with Crippen LogP contribution >= 0.6 is 11.6 Å². The predicted molar refractivity (Wildman–Crippen MR) is 61.5 cm³/mol. The van der Waals surface area contributed by atoms with Crippen LogP contribution in [0.4, 0.5) is 19.0 Å². The minimum atomic E-state index is -4.41. The van der Waals surface area contributed by atoms with Gasteiger partial charge in [0.1, 0.15) is 5.82 Å². The van der Waals surface area contributed by atoms with Crippen molar-refractivity contribution in [2.24, 2.45) is 11.8 Å². The lowest BCUT2D eigenvalue weighted by molar-refractivity contribution is -0.137. The zero-order valence-electron chi connectivity index (χ0n) is 9.26. The molecule has 98 valence electrons. The molecule has 0 radical (unpaired) electrons. The maximum Gasteiger partial charge on any atom is 0.417 e. The molecule has 2 N–H and O–H groups in total. The van der Waals surface area contributed by atoms with Crippen LogP contribution in [-0.2, 0) is 6.18 Å². The molecule has 1 aliphatic carbocycles. The van der Waals surface area contributed by atoms with E-state index in [2.05, 4.69) is 15.6 Å². The Morgan fingerprint density at radius 1 is 1.33 bits per heavy atom. The van der Waals surface area contributed by atoms with E-state index in [1.807, 2.05) is 0 Å². The van der Waals surface area contributed by atoms with Crippen molar-refractivity contribution < 1.29 is 13.2 Å². The van der Waals surface area contributed by atoms with Gasteiger partial charge in [-0.1, -0.05) is 11.6 Å². The number of pyridine rings is 1. The summed E-state index contributed by atoms with van der Waals surface area (Å²) in [5, 5.41) is 6.37. The summed E-state index contributed by atoms with van der Waals surface area (Å²) in [6.07, 6.45) is -3.60. The summed E-state index contributed by atoms with van der Waals surface area (Å²) in [6.45, 7) is 1.89. The van der Waals surface area contributed by atoms with Gasteiger partial charge < -0.3 is 10.6 Å². The maximum absolute atomic E-state index is 12.4. The molecule has 3 rings (SSSR count). The molecule has 1 saturated heterocycles. The van der Waals surface area contributed by atoms with Crippen molar-refractivity contribution in [2.45, 2.75) is 12.2 Å². The summed E-state index contributed by atoms with van der Waals surface area (Å²) in [5.41, 5.74) is -0.823. The van der Waals surface area contributed by atoms with Gasteiger partial charge in [0.25, 0.3) is 0 Å². The molecule has 1 aromatic heterocycles. The molecule has 2 aliphatic rings. The first kappa shape index (κ1) is 12.0. The Morgan fingerprint density at radius 2 is 2.00 bits per heavy atom. The molecule has 1 aliphatic heterocycles. The fourth-order valence-electron chi connectivity index (χ4n) is 2.49. The summed E-state index contributed by atoms with van der Waals surface area (Å²) in [5.74, 6) is 1.43. The highest BCUT2D eigenvalue weighted by Gasteiger charge is 2.53. The van der Waals surface area contributed by atoms with Gasteiger partial charge in [0.15, 0.2) is 0 Å². The second kappa shape index (κ2) is 3.99. The molecule has 0 spiro atoms. The number of hydrogen-bond acceptors (Lipinski definition) is 3. The Hall–Kier alpha value is -1.01. The van der Waals surface area contributed by atoms with Crippen molar-refractivity contribution in [2.75, 3.05) is 18.4 Å². The molecule has 1 aromatic rings. The number of fused-ring (bicyclic) bond motifs is 1. The number of halogens is 4. The van der Waals surface area contributed by atoms with E-state index in [-0.39, 0.29) is 11.1 Å². The molecule has 0 aromatic carbocycles. The van der Waals surface area contributed by atoms with E-state index in [4.69, 9.17) is 11.6 Å². The second-order valence-electron chi connectivity index (χ2n) is 4.71. The lowest BCUT2D eigenvalue weighted by atomic mass is 10.2. The third-order valence-corrected chi connectivity index (χ3v) is 3.85. The molecule has 0 bridgehead atoms.